The van der Waals surface area contributed by atoms with Gasteiger partial charge in [0.05, 0.1) is 38.5 Å². The van der Waals surface area contributed by atoms with E-state index in [1.165, 1.54) is 0 Å². The molecular formula is C13H22Cl2N2O3. The van der Waals surface area contributed by atoms with Crippen LogP contribution in [0, 0.1) is 0 Å². The number of nitrogens with zero attached hydrogens (tertiary/aromatic N) is 2. The number of carbonyl (C=O) groups is 1. The average molecular weight is 325 g/mol. The third kappa shape index (κ3) is 4.06. The summed E-state index contributed by atoms with van der Waals surface area (Å²) in [7, 11) is 0. The van der Waals surface area contributed by atoms with Gasteiger partial charge < -0.3 is 9.47 Å². The molecule has 2 atom stereocenters. The van der Waals surface area contributed by atoms with E-state index >= 15 is 0 Å². The summed E-state index contributed by atoms with van der Waals surface area (Å²) >= 11 is 12.1. The van der Waals surface area contributed by atoms with E-state index < -0.39 is 0 Å². The van der Waals surface area contributed by atoms with Gasteiger partial charge in [-0.05, 0) is 0 Å². The monoisotopic (exact) mass is 324 g/mol. The summed E-state index contributed by atoms with van der Waals surface area (Å²) < 4.78 is 10.7. The molecule has 20 heavy (non-hydrogen) atoms. The SMILES string of the molecule is O=C(C(CCl)N1CCOCC1)C(CCl)N1CCOCC1. The molecule has 2 heterocycles. The summed E-state index contributed by atoms with van der Waals surface area (Å²) in [5.41, 5.74) is 0. The van der Waals surface area contributed by atoms with Gasteiger partial charge in [0, 0.05) is 37.9 Å². The van der Waals surface area contributed by atoms with Gasteiger partial charge in [0.25, 0.3) is 0 Å². The lowest BCUT2D eigenvalue weighted by Gasteiger charge is -2.38. The zero-order valence-corrected chi connectivity index (χ0v) is 13.1. The third-order valence-corrected chi connectivity index (χ3v) is 4.51. The summed E-state index contributed by atoms with van der Waals surface area (Å²) in [6, 6.07) is -0.542. The second-order valence-corrected chi connectivity index (χ2v) is 5.66. The molecule has 7 heteroatoms. The summed E-state index contributed by atoms with van der Waals surface area (Å²) in [5, 5.41) is 0. The molecule has 0 aromatic rings. The maximum Gasteiger partial charge on any atom is 0.169 e. The molecule has 2 fully saturated rings. The van der Waals surface area contributed by atoms with Crippen LogP contribution in [0.4, 0.5) is 0 Å². The van der Waals surface area contributed by atoms with E-state index in [0.29, 0.717) is 38.2 Å². The Morgan fingerprint density at radius 1 is 0.850 bits per heavy atom. The number of morpholine rings is 2. The molecular weight excluding hydrogens is 303 g/mol. The molecule has 2 saturated heterocycles. The van der Waals surface area contributed by atoms with Crippen LogP contribution in [0.5, 0.6) is 0 Å². The summed E-state index contributed by atoms with van der Waals surface area (Å²) in [6.45, 7) is 5.63. The predicted octanol–water partition coefficient (Wildman–Crippen LogP) is 0.435. The number of rotatable bonds is 6. The molecule has 0 N–H and O–H groups in total. The Bertz CT molecular complexity index is 280. The number of alkyl halides is 2. The van der Waals surface area contributed by atoms with Gasteiger partial charge in [0.1, 0.15) is 0 Å². The Balaban J connectivity index is 2.00. The molecule has 2 aliphatic heterocycles. The van der Waals surface area contributed by atoms with Crippen LogP contribution >= 0.6 is 23.2 Å². The second-order valence-electron chi connectivity index (χ2n) is 5.04. The largest absolute Gasteiger partial charge is 0.379 e. The smallest absolute Gasteiger partial charge is 0.169 e. The topological polar surface area (TPSA) is 42.0 Å². The zero-order valence-electron chi connectivity index (χ0n) is 11.6. The zero-order chi connectivity index (χ0) is 14.4. The van der Waals surface area contributed by atoms with Crippen molar-refractivity contribution in [1.82, 2.24) is 9.80 Å². The quantitative estimate of drug-likeness (QED) is 0.663. The van der Waals surface area contributed by atoms with Crippen LogP contribution in [0.15, 0.2) is 0 Å². The van der Waals surface area contributed by atoms with Crippen LogP contribution in [0.3, 0.4) is 0 Å². The van der Waals surface area contributed by atoms with Crippen LogP contribution in [0.2, 0.25) is 0 Å². The number of hydrogen-bond donors (Lipinski definition) is 0. The van der Waals surface area contributed by atoms with Crippen molar-refractivity contribution >= 4 is 29.0 Å². The number of ketones is 1. The Kier molecular flexibility index (Phi) is 7.01. The fraction of sp³-hybridized carbons (Fsp3) is 0.923. The second kappa shape index (κ2) is 8.51. The summed E-state index contributed by atoms with van der Waals surface area (Å²) in [5.74, 6) is 0.728. The van der Waals surface area contributed by atoms with Crippen LogP contribution in [0.25, 0.3) is 0 Å². The van der Waals surface area contributed by atoms with Crippen molar-refractivity contribution in [3.63, 3.8) is 0 Å². The molecule has 5 nitrogen and oxygen atoms in total. The maximum atomic E-state index is 12.8. The molecule has 0 aromatic carbocycles. The molecule has 0 aromatic heterocycles. The van der Waals surface area contributed by atoms with Gasteiger partial charge in [-0.3, -0.25) is 14.6 Å². The number of Topliss-reactive ketones (excluding diaryl/α,β-unsaturated/α-hetero) is 1. The number of hydrogen-bond acceptors (Lipinski definition) is 5. The molecule has 0 spiro atoms. The molecule has 0 aliphatic carbocycles. The van der Waals surface area contributed by atoms with Crippen molar-refractivity contribution in [3.05, 3.63) is 0 Å². The first-order chi connectivity index (χ1) is 9.77. The van der Waals surface area contributed by atoms with Crippen LogP contribution in [-0.2, 0) is 14.3 Å². The lowest BCUT2D eigenvalue weighted by Crippen LogP contribution is -2.57. The van der Waals surface area contributed by atoms with Crippen LogP contribution < -0.4 is 0 Å². The molecule has 116 valence electrons. The minimum Gasteiger partial charge on any atom is -0.379 e. The number of ether oxygens (including phenoxy) is 2. The van der Waals surface area contributed by atoms with Gasteiger partial charge in [0.2, 0.25) is 0 Å². The van der Waals surface area contributed by atoms with Crippen LogP contribution in [-0.4, -0.2) is 92.0 Å². The molecule has 0 bridgehead atoms. The lowest BCUT2D eigenvalue weighted by molar-refractivity contribution is -0.131. The Morgan fingerprint density at radius 2 is 1.20 bits per heavy atom. The number of halogens is 2. The highest BCUT2D eigenvalue weighted by molar-refractivity contribution is 6.22. The molecule has 0 amide bonds. The van der Waals surface area contributed by atoms with E-state index in [0.717, 1.165) is 26.2 Å². The first-order valence-corrected chi connectivity index (χ1v) is 8.14. The minimum absolute atomic E-state index is 0.124. The van der Waals surface area contributed by atoms with Gasteiger partial charge >= 0.3 is 0 Å². The normalized spacial score (nSPS) is 25.3. The van der Waals surface area contributed by atoms with Crippen molar-refractivity contribution in [2.24, 2.45) is 0 Å². The predicted molar refractivity (Wildman–Crippen MR) is 78.8 cm³/mol. The highest BCUT2D eigenvalue weighted by Crippen LogP contribution is 2.15. The van der Waals surface area contributed by atoms with Crippen molar-refractivity contribution in [2.75, 3.05) is 64.4 Å². The third-order valence-electron chi connectivity index (χ3n) is 3.92. The van der Waals surface area contributed by atoms with E-state index in [9.17, 15) is 4.79 Å². The molecule has 2 rings (SSSR count). The molecule has 0 saturated carbocycles. The Labute approximate surface area is 130 Å². The van der Waals surface area contributed by atoms with Crippen LogP contribution in [0.1, 0.15) is 0 Å². The van der Waals surface area contributed by atoms with Crippen molar-refractivity contribution < 1.29 is 14.3 Å². The maximum absolute atomic E-state index is 12.8. The molecule has 2 aliphatic rings. The van der Waals surface area contributed by atoms with E-state index in [-0.39, 0.29) is 17.9 Å². The van der Waals surface area contributed by atoms with E-state index in [4.69, 9.17) is 32.7 Å². The van der Waals surface area contributed by atoms with Gasteiger partial charge in [-0.15, -0.1) is 23.2 Å². The average Bonchev–Trinajstić information content (AvgIpc) is 2.51. The number of carbonyl (C=O) groups excluding carboxylic acids is 1. The van der Waals surface area contributed by atoms with E-state index in [2.05, 4.69) is 9.80 Å². The van der Waals surface area contributed by atoms with E-state index in [1.807, 2.05) is 0 Å². The standard InChI is InChI=1S/C13H22Cl2N2O3/c14-9-11(16-1-5-19-6-2-16)13(18)12(10-15)17-3-7-20-8-4-17/h11-12H,1-10H2. The highest BCUT2D eigenvalue weighted by Gasteiger charge is 2.35. The fourth-order valence-electron chi connectivity index (χ4n) is 2.71. The highest BCUT2D eigenvalue weighted by atomic mass is 35.5. The summed E-state index contributed by atoms with van der Waals surface area (Å²) in [6.07, 6.45) is 0. The first kappa shape index (κ1) is 16.5. The fourth-order valence-corrected chi connectivity index (χ4v) is 3.40. The van der Waals surface area contributed by atoms with Gasteiger partial charge in [-0.25, -0.2) is 0 Å². The van der Waals surface area contributed by atoms with E-state index in [1.54, 1.807) is 0 Å². The summed E-state index contributed by atoms with van der Waals surface area (Å²) in [4.78, 5) is 17.0. The van der Waals surface area contributed by atoms with Crippen molar-refractivity contribution in [1.29, 1.82) is 0 Å². The first-order valence-electron chi connectivity index (χ1n) is 7.07. The molecule has 2 unspecified atom stereocenters. The Hall–Kier alpha value is 0.0900. The minimum atomic E-state index is -0.271. The van der Waals surface area contributed by atoms with Crippen molar-refractivity contribution in [3.8, 4) is 0 Å². The van der Waals surface area contributed by atoms with Gasteiger partial charge in [-0.2, -0.15) is 0 Å². The van der Waals surface area contributed by atoms with Gasteiger partial charge in [0.15, 0.2) is 5.78 Å². The van der Waals surface area contributed by atoms with Crippen molar-refractivity contribution in [2.45, 2.75) is 12.1 Å². The molecule has 0 radical (unpaired) electrons. The van der Waals surface area contributed by atoms with Gasteiger partial charge in [-0.1, -0.05) is 0 Å². The lowest BCUT2D eigenvalue weighted by atomic mass is 10.0. The Morgan fingerprint density at radius 3 is 1.50 bits per heavy atom.